The molecular formula is C24H39N3O8Si. The largest absolute Gasteiger partial charge is 0.539 e. The van der Waals surface area contributed by atoms with Gasteiger partial charge < -0.3 is 29.2 Å². The number of benzene rings is 1. The minimum Gasteiger partial charge on any atom is -0.539 e. The van der Waals surface area contributed by atoms with Crippen molar-refractivity contribution in [2.75, 3.05) is 26.3 Å². The highest BCUT2D eigenvalue weighted by atomic mass is 28.4. The van der Waals surface area contributed by atoms with Crippen LogP contribution in [0.1, 0.15) is 58.1 Å². The maximum Gasteiger partial charge on any atom is 0.511 e. The molecule has 1 aliphatic rings. The van der Waals surface area contributed by atoms with Crippen molar-refractivity contribution in [2.45, 2.75) is 78.1 Å². The number of hydrogen-bond acceptors (Lipinski definition) is 7. The van der Waals surface area contributed by atoms with Crippen LogP contribution in [0.2, 0.25) is 18.1 Å². The zero-order valence-electron chi connectivity index (χ0n) is 22.5. The van der Waals surface area contributed by atoms with Gasteiger partial charge in [-0.15, -0.1) is 0 Å². The van der Waals surface area contributed by atoms with Crippen LogP contribution in [0.25, 0.3) is 0 Å². The summed E-state index contributed by atoms with van der Waals surface area (Å²) in [6.45, 7) is 17.2. The van der Waals surface area contributed by atoms with Crippen LogP contribution < -0.4 is 14.5 Å². The monoisotopic (exact) mass is 525 g/mol. The van der Waals surface area contributed by atoms with Crippen LogP contribution in [0.5, 0.6) is 11.5 Å². The smallest absolute Gasteiger partial charge is 0.511 e. The average molecular weight is 526 g/mol. The zero-order valence-corrected chi connectivity index (χ0v) is 23.5. The highest BCUT2D eigenvalue weighted by Crippen LogP contribution is 2.47. The maximum atomic E-state index is 12.6. The molecule has 1 heterocycles. The number of nitro groups is 1. The molecule has 2 N–H and O–H groups in total. The van der Waals surface area contributed by atoms with Gasteiger partial charge in [0.15, 0.2) is 5.75 Å². The van der Waals surface area contributed by atoms with E-state index in [9.17, 15) is 24.8 Å². The number of carbonyl (C=O) groups excluding carboxylic acids is 1. The average Bonchev–Trinajstić information content (AvgIpc) is 2.74. The number of morpholine rings is 1. The molecule has 1 aromatic rings. The highest BCUT2D eigenvalue weighted by molar-refractivity contribution is 6.74. The first-order valence-corrected chi connectivity index (χ1v) is 15.0. The first-order valence-electron chi connectivity index (χ1n) is 12.1. The van der Waals surface area contributed by atoms with E-state index in [2.05, 4.69) is 5.32 Å². The van der Waals surface area contributed by atoms with E-state index in [-0.39, 0.29) is 34.3 Å². The number of nitrogens with one attached hydrogen (secondary N) is 1. The molecule has 1 fully saturated rings. The van der Waals surface area contributed by atoms with Crippen molar-refractivity contribution < 1.29 is 33.5 Å². The molecule has 2 rings (SSSR count). The Morgan fingerprint density at radius 3 is 2.33 bits per heavy atom. The van der Waals surface area contributed by atoms with Crippen LogP contribution in [0.3, 0.4) is 0 Å². The van der Waals surface area contributed by atoms with Crippen LogP contribution in [0.15, 0.2) is 6.07 Å². The zero-order chi connectivity index (χ0) is 27.4. The molecule has 1 unspecified atom stereocenters. The van der Waals surface area contributed by atoms with E-state index >= 15 is 0 Å². The predicted molar refractivity (Wildman–Crippen MR) is 138 cm³/mol. The Bertz CT molecular complexity index is 987. The summed E-state index contributed by atoms with van der Waals surface area (Å²) in [6, 6.07) is 0.791. The van der Waals surface area contributed by atoms with Gasteiger partial charge in [-0.3, -0.25) is 10.1 Å². The van der Waals surface area contributed by atoms with Gasteiger partial charge in [0.1, 0.15) is 5.75 Å². The van der Waals surface area contributed by atoms with Crippen LogP contribution in [0.4, 0.5) is 15.3 Å². The third-order valence-electron chi connectivity index (χ3n) is 6.94. The van der Waals surface area contributed by atoms with E-state index in [1.807, 2.05) is 47.7 Å². The van der Waals surface area contributed by atoms with Gasteiger partial charge in [-0.2, -0.15) is 0 Å². The molecule has 0 aromatic heterocycles. The Kier molecular flexibility index (Phi) is 9.35. The van der Waals surface area contributed by atoms with Crippen LogP contribution in [-0.4, -0.2) is 67.8 Å². The van der Waals surface area contributed by atoms with Crippen molar-refractivity contribution in [3.63, 3.8) is 0 Å². The van der Waals surface area contributed by atoms with Gasteiger partial charge in [-0.25, -0.2) is 9.59 Å². The van der Waals surface area contributed by atoms with E-state index in [4.69, 9.17) is 13.9 Å². The van der Waals surface area contributed by atoms with Crippen molar-refractivity contribution in [3.8, 4) is 11.5 Å². The summed E-state index contributed by atoms with van der Waals surface area (Å²) < 4.78 is 16.6. The number of carboxylic acid groups (broad SMARTS) is 1. The van der Waals surface area contributed by atoms with E-state index in [1.54, 1.807) is 11.8 Å². The van der Waals surface area contributed by atoms with E-state index < -0.39 is 25.3 Å². The number of amides is 2. The molecule has 1 aliphatic heterocycles. The lowest BCUT2D eigenvalue weighted by atomic mass is 9.89. The van der Waals surface area contributed by atoms with Crippen molar-refractivity contribution in [1.82, 2.24) is 10.2 Å². The molecule has 1 saturated heterocycles. The number of carbonyl (C=O) groups is 2. The third-order valence-corrected chi connectivity index (χ3v) is 11.3. The van der Waals surface area contributed by atoms with E-state index in [0.717, 1.165) is 0 Å². The van der Waals surface area contributed by atoms with Crippen molar-refractivity contribution in [2.24, 2.45) is 0 Å². The second-order valence-electron chi connectivity index (χ2n) is 10.8. The molecule has 2 atom stereocenters. The van der Waals surface area contributed by atoms with Crippen molar-refractivity contribution in [3.05, 3.63) is 27.3 Å². The lowest BCUT2D eigenvalue weighted by molar-refractivity contribution is -0.386. The molecule has 0 saturated carbocycles. The fraction of sp³-hybridized carbons (Fsp3) is 0.667. The minimum atomic E-state index is -2.51. The number of ether oxygens (including phenoxy) is 2. The summed E-state index contributed by atoms with van der Waals surface area (Å²) in [5.74, 6) is -0.418. The maximum absolute atomic E-state index is 12.6. The Morgan fingerprint density at radius 2 is 1.83 bits per heavy atom. The van der Waals surface area contributed by atoms with E-state index in [0.29, 0.717) is 43.9 Å². The standard InChI is InChI=1S/C24H39N3O8Si/c1-15(13-16(2)25-22(28)26-9-11-33-12-10-26)20-17(3)18(34-23(29)30)14-19(21(20)27(31)32)35-36(7,8)24(4,5)6/h14-16H,9-13H2,1-8H3,(H,25,28)(H,29,30)/t15-,16?/m0/s1. The van der Waals surface area contributed by atoms with Gasteiger partial charge in [-0.1, -0.05) is 27.7 Å². The number of nitro benzene ring substituents is 1. The highest BCUT2D eigenvalue weighted by Gasteiger charge is 2.42. The van der Waals surface area contributed by atoms with Crippen molar-refractivity contribution >= 4 is 26.2 Å². The van der Waals surface area contributed by atoms with Gasteiger partial charge in [0.2, 0.25) is 0 Å². The van der Waals surface area contributed by atoms with Gasteiger partial charge in [0.05, 0.1) is 18.1 Å². The van der Waals surface area contributed by atoms with Gasteiger partial charge >= 0.3 is 17.9 Å². The van der Waals surface area contributed by atoms with E-state index in [1.165, 1.54) is 6.07 Å². The van der Waals surface area contributed by atoms with Crippen molar-refractivity contribution in [1.29, 1.82) is 0 Å². The normalized spacial score (nSPS) is 16.2. The number of hydrogen-bond donors (Lipinski definition) is 2. The Morgan fingerprint density at radius 1 is 1.25 bits per heavy atom. The number of urea groups is 1. The third kappa shape index (κ3) is 7.09. The molecule has 202 valence electrons. The SMILES string of the molecule is Cc1c(OC(=O)O)cc(O[Si](C)(C)C(C)(C)C)c([N+](=O)[O-])c1[C@@H](C)CC(C)NC(=O)N1CCOCC1. The van der Waals surface area contributed by atoms with Gasteiger partial charge in [-0.05, 0) is 44.3 Å². The Labute approximate surface area is 213 Å². The quantitative estimate of drug-likeness (QED) is 0.154. The second kappa shape index (κ2) is 11.5. The molecule has 11 nitrogen and oxygen atoms in total. The summed E-state index contributed by atoms with van der Waals surface area (Å²) in [5, 5.41) is 24.3. The lowest BCUT2D eigenvalue weighted by Gasteiger charge is -2.36. The van der Waals surface area contributed by atoms with Crippen LogP contribution in [-0.2, 0) is 4.74 Å². The lowest BCUT2D eigenvalue weighted by Crippen LogP contribution is -2.48. The Hall–Kier alpha value is -2.86. The fourth-order valence-corrected chi connectivity index (χ4v) is 5.02. The number of rotatable bonds is 8. The Balaban J connectivity index is 2.46. The summed E-state index contributed by atoms with van der Waals surface area (Å²) in [6.07, 6.45) is -1.14. The summed E-state index contributed by atoms with van der Waals surface area (Å²) >= 11 is 0. The van der Waals surface area contributed by atoms with Crippen LogP contribution in [0, 0.1) is 17.0 Å². The summed E-state index contributed by atoms with van der Waals surface area (Å²) in [5.41, 5.74) is 0.486. The summed E-state index contributed by atoms with van der Waals surface area (Å²) in [7, 11) is -2.51. The van der Waals surface area contributed by atoms with Gasteiger partial charge in [0, 0.05) is 36.3 Å². The molecular weight excluding hydrogens is 486 g/mol. The molecule has 12 heteroatoms. The topological polar surface area (TPSA) is 140 Å². The first kappa shape index (κ1) is 29.4. The van der Waals surface area contributed by atoms with Crippen LogP contribution >= 0.6 is 0 Å². The molecule has 2 amide bonds. The predicted octanol–water partition coefficient (Wildman–Crippen LogP) is 5.27. The first-order chi connectivity index (χ1) is 16.5. The molecule has 1 aromatic carbocycles. The summed E-state index contributed by atoms with van der Waals surface area (Å²) in [4.78, 5) is 37.5. The minimum absolute atomic E-state index is 0.000275. The molecule has 0 bridgehead atoms. The number of nitrogens with zero attached hydrogens (tertiary/aromatic N) is 2. The van der Waals surface area contributed by atoms with Gasteiger partial charge in [0.25, 0.3) is 8.32 Å². The second-order valence-corrected chi connectivity index (χ2v) is 15.6. The molecule has 0 radical (unpaired) electrons. The fourth-order valence-electron chi connectivity index (χ4n) is 4.01. The molecule has 0 spiro atoms. The molecule has 0 aliphatic carbocycles. The molecule has 36 heavy (non-hydrogen) atoms.